The van der Waals surface area contributed by atoms with Crippen molar-refractivity contribution in [1.82, 2.24) is 9.97 Å². The molecule has 1 heterocycles. The molecule has 4 nitrogen and oxygen atoms in total. The highest BCUT2D eigenvalue weighted by Gasteiger charge is 2.15. The first-order valence-corrected chi connectivity index (χ1v) is 9.44. The van der Waals surface area contributed by atoms with Crippen molar-refractivity contribution in [3.05, 3.63) is 89.2 Å². The van der Waals surface area contributed by atoms with E-state index in [2.05, 4.69) is 48.2 Å². The van der Waals surface area contributed by atoms with Crippen molar-refractivity contribution in [3.63, 3.8) is 0 Å². The first-order chi connectivity index (χ1) is 13.6. The van der Waals surface area contributed by atoms with Crippen LogP contribution in [0, 0.1) is 0 Å². The monoisotopic (exact) mass is 369 g/mol. The van der Waals surface area contributed by atoms with Gasteiger partial charge in [-0.25, -0.2) is 0 Å². The molecule has 1 aromatic heterocycles. The lowest BCUT2D eigenvalue weighted by Gasteiger charge is -2.20. The zero-order valence-corrected chi connectivity index (χ0v) is 16.4. The molecular weight excluding hydrogens is 346 g/mol. The molecular formula is C24H23N3O. The van der Waals surface area contributed by atoms with Crippen molar-refractivity contribution in [3.8, 4) is 11.8 Å². The van der Waals surface area contributed by atoms with E-state index in [4.69, 9.17) is 4.74 Å². The first kappa shape index (κ1) is 18.0. The van der Waals surface area contributed by atoms with Crippen molar-refractivity contribution in [2.75, 3.05) is 5.32 Å². The molecule has 0 aliphatic heterocycles. The van der Waals surface area contributed by atoms with E-state index in [0.29, 0.717) is 11.8 Å². The molecule has 28 heavy (non-hydrogen) atoms. The van der Waals surface area contributed by atoms with Crippen LogP contribution in [-0.4, -0.2) is 9.97 Å². The van der Waals surface area contributed by atoms with E-state index in [1.807, 2.05) is 54.6 Å². The van der Waals surface area contributed by atoms with Crippen LogP contribution in [0.1, 0.15) is 27.2 Å². The van der Waals surface area contributed by atoms with Gasteiger partial charge in [-0.1, -0.05) is 36.4 Å². The molecule has 4 heteroatoms. The SMILES string of the molecule is C/C=C1/CC(C)=C(Nc2nc(Oc3ccccc3)nc3ccccc23)C=C1C. The molecule has 0 amide bonds. The topological polar surface area (TPSA) is 47.0 Å². The van der Waals surface area contributed by atoms with Crippen molar-refractivity contribution in [2.24, 2.45) is 0 Å². The maximum Gasteiger partial charge on any atom is 0.324 e. The molecule has 0 saturated carbocycles. The summed E-state index contributed by atoms with van der Waals surface area (Å²) in [4.78, 5) is 9.24. The summed E-state index contributed by atoms with van der Waals surface area (Å²) in [6.45, 7) is 6.38. The maximum atomic E-state index is 5.90. The normalized spacial score (nSPS) is 15.7. The Balaban J connectivity index is 1.74. The third-order valence-electron chi connectivity index (χ3n) is 4.92. The molecule has 3 aromatic rings. The summed E-state index contributed by atoms with van der Waals surface area (Å²) in [7, 11) is 0. The second kappa shape index (κ2) is 7.69. The summed E-state index contributed by atoms with van der Waals surface area (Å²) in [5, 5.41) is 4.48. The van der Waals surface area contributed by atoms with Crippen molar-refractivity contribution in [1.29, 1.82) is 0 Å². The number of hydrogen-bond acceptors (Lipinski definition) is 4. The summed E-state index contributed by atoms with van der Waals surface area (Å²) >= 11 is 0. The Morgan fingerprint density at radius 1 is 0.964 bits per heavy atom. The molecule has 2 aromatic carbocycles. The molecule has 0 radical (unpaired) electrons. The van der Waals surface area contributed by atoms with Gasteiger partial charge in [0.25, 0.3) is 0 Å². The first-order valence-electron chi connectivity index (χ1n) is 9.44. The summed E-state index contributed by atoms with van der Waals surface area (Å²) in [5.74, 6) is 1.46. The van der Waals surface area contributed by atoms with Crippen LogP contribution in [-0.2, 0) is 0 Å². The van der Waals surface area contributed by atoms with Gasteiger partial charge in [-0.15, -0.1) is 0 Å². The van der Waals surface area contributed by atoms with Gasteiger partial charge in [0.15, 0.2) is 0 Å². The third-order valence-corrected chi connectivity index (χ3v) is 4.92. The van der Waals surface area contributed by atoms with Crippen LogP contribution in [0.2, 0.25) is 0 Å². The Morgan fingerprint density at radius 3 is 2.50 bits per heavy atom. The number of allylic oxidation sites excluding steroid dienone is 5. The highest BCUT2D eigenvalue weighted by atomic mass is 16.5. The highest BCUT2D eigenvalue weighted by Crippen LogP contribution is 2.31. The van der Waals surface area contributed by atoms with Crippen LogP contribution >= 0.6 is 0 Å². The van der Waals surface area contributed by atoms with E-state index < -0.39 is 0 Å². The summed E-state index contributed by atoms with van der Waals surface area (Å²) in [6, 6.07) is 17.9. The Morgan fingerprint density at radius 2 is 1.71 bits per heavy atom. The van der Waals surface area contributed by atoms with Gasteiger partial charge in [-0.05, 0) is 74.3 Å². The summed E-state index contributed by atoms with van der Waals surface area (Å²) in [5.41, 5.74) is 5.85. The molecule has 4 rings (SSSR count). The van der Waals surface area contributed by atoms with Gasteiger partial charge >= 0.3 is 6.01 Å². The second-order valence-corrected chi connectivity index (χ2v) is 6.92. The number of hydrogen-bond donors (Lipinski definition) is 1. The van der Waals surface area contributed by atoms with Crippen LogP contribution in [0.5, 0.6) is 11.8 Å². The fourth-order valence-corrected chi connectivity index (χ4v) is 3.34. The molecule has 0 bridgehead atoms. The van der Waals surface area contributed by atoms with Gasteiger partial charge in [0.05, 0.1) is 5.52 Å². The quantitative estimate of drug-likeness (QED) is 0.578. The molecule has 1 aliphatic rings. The molecule has 0 fully saturated rings. The number of para-hydroxylation sites is 2. The smallest absolute Gasteiger partial charge is 0.324 e. The Hall–Kier alpha value is -3.40. The van der Waals surface area contributed by atoms with E-state index in [-0.39, 0.29) is 0 Å². The van der Waals surface area contributed by atoms with Gasteiger partial charge in [-0.2, -0.15) is 9.97 Å². The van der Waals surface area contributed by atoms with E-state index in [9.17, 15) is 0 Å². The van der Waals surface area contributed by atoms with Gasteiger partial charge in [0.2, 0.25) is 0 Å². The minimum atomic E-state index is 0.330. The Kier molecular flexibility index (Phi) is 4.94. The van der Waals surface area contributed by atoms with Crippen LogP contribution in [0.15, 0.2) is 89.2 Å². The van der Waals surface area contributed by atoms with Gasteiger partial charge in [0, 0.05) is 11.1 Å². The fraction of sp³-hybridized carbons (Fsp3) is 0.167. The minimum absolute atomic E-state index is 0.330. The lowest BCUT2D eigenvalue weighted by Crippen LogP contribution is -2.09. The molecule has 0 unspecified atom stereocenters. The van der Waals surface area contributed by atoms with Crippen molar-refractivity contribution < 1.29 is 4.74 Å². The largest absolute Gasteiger partial charge is 0.424 e. The number of anilines is 1. The molecule has 0 saturated heterocycles. The van der Waals surface area contributed by atoms with Crippen LogP contribution in [0.25, 0.3) is 10.9 Å². The predicted octanol–water partition coefficient (Wildman–Crippen LogP) is 6.40. The standard InChI is InChI=1S/C24H23N3O/c1-4-18-14-17(3)22(15-16(18)2)25-23-20-12-8-9-13-21(20)26-24(27-23)28-19-10-6-5-7-11-19/h4-13,15H,14H2,1-3H3,(H,25,26,27)/b18-4-. The number of rotatable bonds is 4. The number of ether oxygens (including phenoxy) is 1. The lowest BCUT2D eigenvalue weighted by molar-refractivity contribution is 0.445. The number of fused-ring (bicyclic) bond motifs is 1. The predicted molar refractivity (Wildman–Crippen MR) is 115 cm³/mol. The molecule has 1 aliphatic carbocycles. The van der Waals surface area contributed by atoms with E-state index in [1.54, 1.807) is 0 Å². The van der Waals surface area contributed by atoms with Crippen LogP contribution < -0.4 is 10.1 Å². The average molecular weight is 369 g/mol. The summed E-state index contributed by atoms with van der Waals surface area (Å²) in [6.07, 6.45) is 5.30. The van der Waals surface area contributed by atoms with E-state index >= 15 is 0 Å². The van der Waals surface area contributed by atoms with Crippen LogP contribution in [0.4, 0.5) is 5.82 Å². The average Bonchev–Trinajstić information content (AvgIpc) is 2.71. The zero-order valence-electron chi connectivity index (χ0n) is 16.4. The minimum Gasteiger partial charge on any atom is -0.424 e. The summed E-state index contributed by atoms with van der Waals surface area (Å²) < 4.78 is 5.90. The molecule has 1 N–H and O–H groups in total. The van der Waals surface area contributed by atoms with Crippen molar-refractivity contribution in [2.45, 2.75) is 27.2 Å². The fourth-order valence-electron chi connectivity index (χ4n) is 3.34. The van der Waals surface area contributed by atoms with Gasteiger partial charge in [0.1, 0.15) is 11.6 Å². The molecule has 0 spiro atoms. The van der Waals surface area contributed by atoms with Crippen LogP contribution in [0.3, 0.4) is 0 Å². The highest BCUT2D eigenvalue weighted by molar-refractivity contribution is 5.90. The molecule has 0 atom stereocenters. The van der Waals surface area contributed by atoms with E-state index in [0.717, 1.165) is 28.8 Å². The third kappa shape index (κ3) is 3.67. The number of nitrogens with one attached hydrogen (secondary N) is 1. The van der Waals surface area contributed by atoms with E-state index in [1.165, 1.54) is 16.7 Å². The number of nitrogens with zero attached hydrogens (tertiary/aromatic N) is 2. The Bertz CT molecular complexity index is 1110. The maximum absolute atomic E-state index is 5.90. The Labute approximate surface area is 165 Å². The number of aromatic nitrogens is 2. The molecule has 140 valence electrons. The van der Waals surface area contributed by atoms with Gasteiger partial charge < -0.3 is 10.1 Å². The lowest BCUT2D eigenvalue weighted by atomic mass is 9.92. The zero-order chi connectivity index (χ0) is 19.5. The van der Waals surface area contributed by atoms with Gasteiger partial charge in [-0.3, -0.25) is 0 Å². The van der Waals surface area contributed by atoms with Crippen molar-refractivity contribution >= 4 is 16.7 Å². The number of benzene rings is 2. The second-order valence-electron chi connectivity index (χ2n) is 6.92.